The molecule has 0 unspecified atom stereocenters. The number of hydrogen-bond donors (Lipinski definition) is 0. The van der Waals surface area contributed by atoms with E-state index >= 15 is 0 Å². The number of piperidine rings is 1. The van der Waals surface area contributed by atoms with Crippen LogP contribution < -0.4 is 0 Å². The van der Waals surface area contributed by atoms with E-state index in [2.05, 4.69) is 26.7 Å². The van der Waals surface area contributed by atoms with Crippen LogP contribution in [0.25, 0.3) is 0 Å². The summed E-state index contributed by atoms with van der Waals surface area (Å²) in [6, 6.07) is 0. The number of likely N-dealkylation sites (tertiary alicyclic amines) is 1. The number of amides is 1. The van der Waals surface area contributed by atoms with Gasteiger partial charge in [-0.3, -0.25) is 4.79 Å². The SMILES string of the molecule is C#CCC(=O)N1CC[C@@H](C)[C@@H](C(C)C)C1. The van der Waals surface area contributed by atoms with Crippen molar-refractivity contribution in [3.63, 3.8) is 0 Å². The van der Waals surface area contributed by atoms with E-state index in [9.17, 15) is 4.79 Å². The fourth-order valence-electron chi connectivity index (χ4n) is 2.39. The second kappa shape index (κ2) is 5.21. The van der Waals surface area contributed by atoms with Gasteiger partial charge in [0.05, 0.1) is 6.42 Å². The maximum Gasteiger partial charge on any atom is 0.234 e. The second-order valence-electron chi connectivity index (χ2n) is 4.89. The summed E-state index contributed by atoms with van der Waals surface area (Å²) in [5, 5.41) is 0. The fourth-order valence-corrected chi connectivity index (χ4v) is 2.39. The maximum absolute atomic E-state index is 11.7. The van der Waals surface area contributed by atoms with Crippen molar-refractivity contribution >= 4 is 5.91 Å². The molecule has 1 aliphatic heterocycles. The van der Waals surface area contributed by atoms with Crippen LogP contribution in [0, 0.1) is 30.1 Å². The zero-order valence-corrected chi connectivity index (χ0v) is 9.99. The van der Waals surface area contributed by atoms with Crippen LogP contribution in [-0.2, 0) is 4.79 Å². The zero-order chi connectivity index (χ0) is 11.4. The average molecular weight is 207 g/mol. The minimum atomic E-state index is 0.120. The minimum absolute atomic E-state index is 0.120. The molecule has 0 spiro atoms. The van der Waals surface area contributed by atoms with Crippen LogP contribution in [0.5, 0.6) is 0 Å². The van der Waals surface area contributed by atoms with Crippen LogP contribution in [0.2, 0.25) is 0 Å². The maximum atomic E-state index is 11.7. The highest BCUT2D eigenvalue weighted by molar-refractivity contribution is 5.78. The van der Waals surface area contributed by atoms with Crippen LogP contribution in [0.1, 0.15) is 33.6 Å². The Hall–Kier alpha value is -0.970. The van der Waals surface area contributed by atoms with Gasteiger partial charge in [0.15, 0.2) is 0 Å². The van der Waals surface area contributed by atoms with Crippen molar-refractivity contribution in [3.05, 3.63) is 0 Å². The Bertz CT molecular complexity index is 264. The molecule has 1 aliphatic rings. The lowest BCUT2D eigenvalue weighted by Crippen LogP contribution is -2.44. The average Bonchev–Trinajstić information content (AvgIpc) is 2.18. The van der Waals surface area contributed by atoms with Gasteiger partial charge >= 0.3 is 0 Å². The number of terminal acetylenes is 1. The molecule has 1 amide bonds. The van der Waals surface area contributed by atoms with Crippen molar-refractivity contribution < 1.29 is 4.79 Å². The number of nitrogens with zero attached hydrogens (tertiary/aromatic N) is 1. The summed E-state index contributed by atoms with van der Waals surface area (Å²) < 4.78 is 0. The second-order valence-corrected chi connectivity index (χ2v) is 4.89. The Morgan fingerprint density at radius 2 is 2.27 bits per heavy atom. The summed E-state index contributed by atoms with van der Waals surface area (Å²) in [5.74, 6) is 4.54. The lowest BCUT2D eigenvalue weighted by atomic mass is 9.79. The molecular weight excluding hydrogens is 186 g/mol. The van der Waals surface area contributed by atoms with Gasteiger partial charge in [-0.25, -0.2) is 0 Å². The molecule has 2 nitrogen and oxygen atoms in total. The molecule has 0 N–H and O–H groups in total. The van der Waals surface area contributed by atoms with E-state index in [0.717, 1.165) is 25.4 Å². The van der Waals surface area contributed by atoms with Crippen LogP contribution in [0.15, 0.2) is 0 Å². The summed E-state index contributed by atoms with van der Waals surface area (Å²) in [4.78, 5) is 13.6. The third-order valence-corrected chi connectivity index (χ3v) is 3.48. The quantitative estimate of drug-likeness (QED) is 0.635. The van der Waals surface area contributed by atoms with E-state index < -0.39 is 0 Å². The van der Waals surface area contributed by atoms with Crippen LogP contribution in [0.4, 0.5) is 0 Å². The first-order valence-corrected chi connectivity index (χ1v) is 5.77. The Morgan fingerprint density at radius 3 is 2.80 bits per heavy atom. The first kappa shape index (κ1) is 12.1. The van der Waals surface area contributed by atoms with Gasteiger partial charge in [0.2, 0.25) is 5.91 Å². The van der Waals surface area contributed by atoms with Crippen molar-refractivity contribution in [2.24, 2.45) is 17.8 Å². The topological polar surface area (TPSA) is 20.3 Å². The van der Waals surface area contributed by atoms with Gasteiger partial charge in [-0.15, -0.1) is 6.42 Å². The molecule has 0 aromatic carbocycles. The van der Waals surface area contributed by atoms with Gasteiger partial charge in [0.25, 0.3) is 0 Å². The van der Waals surface area contributed by atoms with Gasteiger partial charge in [-0.2, -0.15) is 0 Å². The first-order valence-electron chi connectivity index (χ1n) is 5.77. The van der Waals surface area contributed by atoms with E-state index in [1.807, 2.05) is 4.90 Å². The van der Waals surface area contributed by atoms with Crippen LogP contribution >= 0.6 is 0 Å². The Kier molecular flexibility index (Phi) is 4.20. The molecule has 0 aromatic heterocycles. The van der Waals surface area contributed by atoms with E-state index in [4.69, 9.17) is 6.42 Å². The minimum Gasteiger partial charge on any atom is -0.342 e. The first-order chi connectivity index (χ1) is 7.06. The molecule has 84 valence electrons. The number of carbonyl (C=O) groups is 1. The number of hydrogen-bond acceptors (Lipinski definition) is 1. The lowest BCUT2D eigenvalue weighted by Gasteiger charge is -2.39. The highest BCUT2D eigenvalue weighted by Gasteiger charge is 2.30. The Labute approximate surface area is 93.0 Å². The van der Waals surface area contributed by atoms with Crippen molar-refractivity contribution in [2.45, 2.75) is 33.6 Å². The predicted molar refractivity (Wildman–Crippen MR) is 62.1 cm³/mol. The molecule has 1 saturated heterocycles. The predicted octanol–water partition coefficient (Wildman–Crippen LogP) is 2.15. The van der Waals surface area contributed by atoms with E-state index in [1.54, 1.807) is 0 Å². The summed E-state index contributed by atoms with van der Waals surface area (Å²) in [6.07, 6.45) is 6.52. The highest BCUT2D eigenvalue weighted by atomic mass is 16.2. The van der Waals surface area contributed by atoms with Gasteiger partial charge in [-0.05, 0) is 24.2 Å². The zero-order valence-electron chi connectivity index (χ0n) is 9.99. The number of rotatable bonds is 2. The van der Waals surface area contributed by atoms with Crippen LogP contribution in [0.3, 0.4) is 0 Å². The standard InChI is InChI=1S/C13H21NO/c1-5-6-13(15)14-8-7-11(4)12(9-14)10(2)3/h1,10-12H,6-9H2,2-4H3/t11-,12-/m1/s1. The largest absolute Gasteiger partial charge is 0.342 e. The van der Waals surface area contributed by atoms with Crippen molar-refractivity contribution in [1.29, 1.82) is 0 Å². The smallest absolute Gasteiger partial charge is 0.234 e. The molecule has 1 fully saturated rings. The molecule has 2 heteroatoms. The summed E-state index contributed by atoms with van der Waals surface area (Å²) >= 11 is 0. The Morgan fingerprint density at radius 1 is 1.60 bits per heavy atom. The molecule has 0 bridgehead atoms. The molecule has 1 heterocycles. The van der Waals surface area contributed by atoms with Gasteiger partial charge in [0, 0.05) is 13.1 Å². The highest BCUT2D eigenvalue weighted by Crippen LogP contribution is 2.29. The monoisotopic (exact) mass is 207 g/mol. The molecule has 0 aromatic rings. The van der Waals surface area contributed by atoms with Crippen molar-refractivity contribution in [2.75, 3.05) is 13.1 Å². The van der Waals surface area contributed by atoms with Crippen LogP contribution in [-0.4, -0.2) is 23.9 Å². The normalized spacial score (nSPS) is 26.5. The van der Waals surface area contributed by atoms with Gasteiger partial charge in [-0.1, -0.05) is 26.7 Å². The summed E-state index contributed by atoms with van der Waals surface area (Å²) in [6.45, 7) is 8.52. The van der Waals surface area contributed by atoms with E-state index in [1.165, 1.54) is 0 Å². The summed E-state index contributed by atoms with van der Waals surface area (Å²) in [5.41, 5.74) is 0. The lowest BCUT2D eigenvalue weighted by molar-refractivity contribution is -0.133. The third-order valence-electron chi connectivity index (χ3n) is 3.48. The molecule has 0 saturated carbocycles. The van der Waals surface area contributed by atoms with Crippen molar-refractivity contribution in [3.8, 4) is 12.3 Å². The number of carbonyl (C=O) groups excluding carboxylic acids is 1. The molecule has 0 radical (unpaired) electrons. The molecule has 2 atom stereocenters. The van der Waals surface area contributed by atoms with Crippen molar-refractivity contribution in [1.82, 2.24) is 4.90 Å². The molecule has 15 heavy (non-hydrogen) atoms. The summed E-state index contributed by atoms with van der Waals surface area (Å²) in [7, 11) is 0. The molecule has 0 aliphatic carbocycles. The Balaban J connectivity index is 2.58. The fraction of sp³-hybridized carbons (Fsp3) is 0.769. The van der Waals surface area contributed by atoms with Gasteiger partial charge < -0.3 is 4.90 Å². The van der Waals surface area contributed by atoms with E-state index in [-0.39, 0.29) is 12.3 Å². The molecule has 1 rings (SSSR count). The van der Waals surface area contributed by atoms with Gasteiger partial charge in [0.1, 0.15) is 0 Å². The third kappa shape index (κ3) is 2.99. The van der Waals surface area contributed by atoms with E-state index in [0.29, 0.717) is 11.8 Å². The molecular formula is C13H21NO.